The summed E-state index contributed by atoms with van der Waals surface area (Å²) in [6.45, 7) is 9.65. The van der Waals surface area contributed by atoms with Crippen LogP contribution in [-0.4, -0.2) is 0 Å². The van der Waals surface area contributed by atoms with Gasteiger partial charge in [-0.25, -0.2) is 0 Å². The number of rotatable bonds is 3. The highest BCUT2D eigenvalue weighted by molar-refractivity contribution is 5.22. The topological polar surface area (TPSA) is 0 Å². The Morgan fingerprint density at radius 1 is 1.17 bits per heavy atom. The summed E-state index contributed by atoms with van der Waals surface area (Å²) in [5.41, 5.74) is 0.829. The van der Waals surface area contributed by atoms with Gasteiger partial charge in [0, 0.05) is 0 Å². The van der Waals surface area contributed by atoms with Gasteiger partial charge in [-0.1, -0.05) is 34.1 Å². The third kappa shape index (κ3) is 0.701. The normalized spacial score (nSPS) is 56.0. The summed E-state index contributed by atoms with van der Waals surface area (Å²) in [6, 6.07) is 0. The molecule has 0 aromatic carbocycles. The van der Waals surface area contributed by atoms with Gasteiger partial charge in [-0.05, 0) is 41.9 Å². The van der Waals surface area contributed by atoms with Gasteiger partial charge in [-0.15, -0.1) is 0 Å². The molecule has 0 amide bonds. The Balaban J connectivity index is 2.05. The Hall–Kier alpha value is 0. The predicted octanol–water partition coefficient (Wildman–Crippen LogP) is 3.71. The maximum absolute atomic E-state index is 2.47. The SMILES string of the molecule is CCCC1C2C(C)C(C)C12CC. The highest BCUT2D eigenvalue weighted by Gasteiger charge is 2.75. The van der Waals surface area contributed by atoms with Gasteiger partial charge in [0.25, 0.3) is 0 Å². The first kappa shape index (κ1) is 8.59. The van der Waals surface area contributed by atoms with E-state index in [2.05, 4.69) is 27.7 Å². The molecule has 0 nitrogen and oxygen atoms in total. The monoisotopic (exact) mass is 166 g/mol. The van der Waals surface area contributed by atoms with Crippen LogP contribution in [0.3, 0.4) is 0 Å². The third-order valence-electron chi connectivity index (χ3n) is 5.05. The molecule has 0 radical (unpaired) electrons. The van der Waals surface area contributed by atoms with Gasteiger partial charge >= 0.3 is 0 Å². The first-order valence-corrected chi connectivity index (χ1v) is 5.70. The Bertz CT molecular complexity index is 184. The molecule has 0 aliphatic heterocycles. The Morgan fingerprint density at radius 3 is 2.25 bits per heavy atom. The van der Waals surface area contributed by atoms with E-state index in [4.69, 9.17) is 0 Å². The fourth-order valence-electron chi connectivity index (χ4n) is 4.33. The fraction of sp³-hybridized carbons (Fsp3) is 1.00. The second-order valence-corrected chi connectivity index (χ2v) is 5.03. The third-order valence-corrected chi connectivity index (χ3v) is 5.05. The average molecular weight is 166 g/mol. The van der Waals surface area contributed by atoms with E-state index in [-0.39, 0.29) is 0 Å². The van der Waals surface area contributed by atoms with Crippen molar-refractivity contribution in [1.29, 1.82) is 0 Å². The fourth-order valence-corrected chi connectivity index (χ4v) is 4.33. The van der Waals surface area contributed by atoms with Crippen molar-refractivity contribution in [3.63, 3.8) is 0 Å². The minimum Gasteiger partial charge on any atom is -0.0654 e. The Morgan fingerprint density at radius 2 is 1.83 bits per heavy atom. The summed E-state index contributed by atoms with van der Waals surface area (Å²) in [6.07, 6.45) is 4.32. The van der Waals surface area contributed by atoms with Gasteiger partial charge in [0.2, 0.25) is 0 Å². The van der Waals surface area contributed by atoms with E-state index in [1.807, 2.05) is 0 Å². The van der Waals surface area contributed by atoms with Crippen molar-refractivity contribution in [3.05, 3.63) is 0 Å². The van der Waals surface area contributed by atoms with E-state index >= 15 is 0 Å². The Kier molecular flexibility index (Phi) is 1.79. The summed E-state index contributed by atoms with van der Waals surface area (Å²) < 4.78 is 0. The summed E-state index contributed by atoms with van der Waals surface area (Å²) in [4.78, 5) is 0. The number of fused-ring (bicyclic) bond motifs is 1. The summed E-state index contributed by atoms with van der Waals surface area (Å²) in [5.74, 6) is 4.28. The van der Waals surface area contributed by atoms with Crippen molar-refractivity contribution in [1.82, 2.24) is 0 Å². The lowest BCUT2D eigenvalue weighted by Crippen LogP contribution is -2.34. The number of hydrogen-bond donors (Lipinski definition) is 0. The lowest BCUT2D eigenvalue weighted by Gasteiger charge is -2.40. The van der Waals surface area contributed by atoms with Crippen molar-refractivity contribution in [2.75, 3.05) is 0 Å². The highest BCUT2D eigenvalue weighted by Crippen LogP contribution is 2.80. The van der Waals surface area contributed by atoms with Crippen LogP contribution in [0.2, 0.25) is 0 Å². The van der Waals surface area contributed by atoms with Crippen molar-refractivity contribution in [2.24, 2.45) is 29.1 Å². The van der Waals surface area contributed by atoms with E-state index in [9.17, 15) is 0 Å². The van der Waals surface area contributed by atoms with E-state index < -0.39 is 0 Å². The predicted molar refractivity (Wildman–Crippen MR) is 52.9 cm³/mol. The zero-order chi connectivity index (χ0) is 8.93. The smallest absolute Gasteiger partial charge is 0.0207 e. The van der Waals surface area contributed by atoms with Crippen LogP contribution in [0.1, 0.15) is 47.0 Å². The maximum atomic E-state index is 2.47. The molecule has 2 fully saturated rings. The van der Waals surface area contributed by atoms with Gasteiger partial charge in [0.1, 0.15) is 0 Å². The van der Waals surface area contributed by atoms with Crippen molar-refractivity contribution in [2.45, 2.75) is 47.0 Å². The molecule has 5 unspecified atom stereocenters. The van der Waals surface area contributed by atoms with E-state index in [0.29, 0.717) is 0 Å². The molecule has 0 spiro atoms. The van der Waals surface area contributed by atoms with Crippen molar-refractivity contribution >= 4 is 0 Å². The van der Waals surface area contributed by atoms with Crippen LogP contribution in [0.25, 0.3) is 0 Å². The maximum Gasteiger partial charge on any atom is -0.0207 e. The standard InChI is InChI=1S/C12H22/c1-5-7-10-11-8(3)9(4)12(10,11)6-2/h8-11H,5-7H2,1-4H3. The van der Waals surface area contributed by atoms with E-state index in [0.717, 1.165) is 29.1 Å². The van der Waals surface area contributed by atoms with Gasteiger partial charge < -0.3 is 0 Å². The first-order valence-electron chi connectivity index (χ1n) is 5.70. The zero-order valence-electron chi connectivity index (χ0n) is 8.93. The van der Waals surface area contributed by atoms with Crippen molar-refractivity contribution < 1.29 is 0 Å². The zero-order valence-corrected chi connectivity index (χ0v) is 8.93. The van der Waals surface area contributed by atoms with Crippen LogP contribution < -0.4 is 0 Å². The first-order chi connectivity index (χ1) is 5.70. The lowest BCUT2D eigenvalue weighted by atomic mass is 9.65. The van der Waals surface area contributed by atoms with Crippen LogP contribution in [0.4, 0.5) is 0 Å². The molecule has 0 heteroatoms. The molecular weight excluding hydrogens is 144 g/mol. The molecule has 0 heterocycles. The molecule has 70 valence electrons. The molecule has 12 heavy (non-hydrogen) atoms. The Labute approximate surface area is 76.7 Å². The van der Waals surface area contributed by atoms with Crippen LogP contribution in [-0.2, 0) is 0 Å². The lowest BCUT2D eigenvalue weighted by molar-refractivity contribution is 0.0829. The van der Waals surface area contributed by atoms with Crippen LogP contribution >= 0.6 is 0 Å². The van der Waals surface area contributed by atoms with Gasteiger partial charge in [0.15, 0.2) is 0 Å². The minimum absolute atomic E-state index is 0.829. The quantitative estimate of drug-likeness (QED) is 0.599. The molecule has 0 N–H and O–H groups in total. The van der Waals surface area contributed by atoms with Crippen LogP contribution in [0.15, 0.2) is 0 Å². The van der Waals surface area contributed by atoms with E-state index in [1.165, 1.54) is 19.3 Å². The van der Waals surface area contributed by atoms with Gasteiger partial charge in [-0.3, -0.25) is 0 Å². The minimum atomic E-state index is 0.829. The second-order valence-electron chi connectivity index (χ2n) is 5.03. The molecular formula is C12H22. The van der Waals surface area contributed by atoms with E-state index in [1.54, 1.807) is 0 Å². The summed E-state index contributed by atoms with van der Waals surface area (Å²) in [5, 5.41) is 0. The largest absolute Gasteiger partial charge is 0.0654 e. The van der Waals surface area contributed by atoms with Crippen LogP contribution in [0.5, 0.6) is 0 Å². The number of hydrogen-bond acceptors (Lipinski definition) is 0. The second kappa shape index (κ2) is 2.49. The molecule has 2 aliphatic rings. The molecule has 2 saturated carbocycles. The van der Waals surface area contributed by atoms with Crippen molar-refractivity contribution in [3.8, 4) is 0 Å². The van der Waals surface area contributed by atoms with Crippen LogP contribution in [0, 0.1) is 29.1 Å². The molecule has 0 aromatic heterocycles. The highest BCUT2D eigenvalue weighted by atomic mass is 14.8. The molecule has 5 atom stereocenters. The molecule has 0 aromatic rings. The molecule has 0 bridgehead atoms. The summed E-state index contributed by atoms with van der Waals surface area (Å²) in [7, 11) is 0. The average Bonchev–Trinajstić information content (AvgIpc) is 2.69. The van der Waals surface area contributed by atoms with Gasteiger partial charge in [0.05, 0.1) is 0 Å². The molecule has 0 saturated heterocycles. The molecule has 2 aliphatic carbocycles. The molecule has 2 rings (SSSR count). The summed E-state index contributed by atoms with van der Waals surface area (Å²) >= 11 is 0. The van der Waals surface area contributed by atoms with Gasteiger partial charge in [-0.2, -0.15) is 0 Å².